The Morgan fingerprint density at radius 2 is 2.50 bits per heavy atom. The minimum Gasteiger partial charge on any atom is -0.469 e. The third-order valence-corrected chi connectivity index (χ3v) is 2.51. The summed E-state index contributed by atoms with van der Waals surface area (Å²) in [6, 6.07) is 3.82. The van der Waals surface area contributed by atoms with Crippen molar-refractivity contribution in [3.63, 3.8) is 0 Å². The van der Waals surface area contributed by atoms with Gasteiger partial charge in [-0.2, -0.15) is 0 Å². The first-order chi connectivity index (χ1) is 6.68. The van der Waals surface area contributed by atoms with Gasteiger partial charge in [0.25, 0.3) is 0 Å². The maximum atomic E-state index is 11.0. The lowest BCUT2D eigenvalue weighted by Gasteiger charge is -2.23. The van der Waals surface area contributed by atoms with Crippen LogP contribution < -0.4 is 10.6 Å². The molecule has 1 aliphatic heterocycles. The van der Waals surface area contributed by atoms with Crippen LogP contribution in [-0.2, 0) is 11.2 Å². The van der Waals surface area contributed by atoms with E-state index >= 15 is 0 Å². The van der Waals surface area contributed by atoms with Crippen LogP contribution in [0, 0.1) is 0 Å². The molecule has 76 valence electrons. The van der Waals surface area contributed by atoms with Gasteiger partial charge >= 0.3 is 0 Å². The van der Waals surface area contributed by atoms with Gasteiger partial charge in [0.15, 0.2) is 0 Å². The van der Waals surface area contributed by atoms with Crippen molar-refractivity contribution in [2.24, 2.45) is 0 Å². The third-order valence-electron chi connectivity index (χ3n) is 2.51. The average molecular weight is 194 g/mol. The van der Waals surface area contributed by atoms with E-state index in [4.69, 9.17) is 4.42 Å². The molecule has 0 bridgehead atoms. The van der Waals surface area contributed by atoms with Gasteiger partial charge in [0, 0.05) is 6.42 Å². The minimum absolute atomic E-state index is 0.0620. The van der Waals surface area contributed by atoms with Gasteiger partial charge in [0.05, 0.1) is 18.5 Å². The van der Waals surface area contributed by atoms with Crippen LogP contribution in [0.4, 0.5) is 0 Å². The van der Waals surface area contributed by atoms with E-state index in [1.54, 1.807) is 6.26 Å². The first kappa shape index (κ1) is 9.27. The fourth-order valence-corrected chi connectivity index (χ4v) is 1.65. The topological polar surface area (TPSA) is 54.3 Å². The molecular weight excluding hydrogens is 180 g/mol. The number of aryl methyl sites for hydroxylation is 1. The standard InChI is InChI=1S/C10H14N2O2/c1-10(11-7-9(13)12-10)5-4-8-3-2-6-14-8/h2-3,6,11H,4-5,7H2,1H3,(H,12,13). The van der Waals surface area contributed by atoms with Gasteiger partial charge in [-0.25, -0.2) is 0 Å². The second-order valence-corrected chi connectivity index (χ2v) is 3.81. The van der Waals surface area contributed by atoms with Gasteiger partial charge < -0.3 is 9.73 Å². The summed E-state index contributed by atoms with van der Waals surface area (Å²) in [5, 5.41) is 6.04. The molecule has 1 fully saturated rings. The van der Waals surface area contributed by atoms with Crippen molar-refractivity contribution < 1.29 is 9.21 Å². The van der Waals surface area contributed by atoms with Gasteiger partial charge in [-0.15, -0.1) is 0 Å². The van der Waals surface area contributed by atoms with Gasteiger partial charge in [0.1, 0.15) is 5.76 Å². The lowest BCUT2D eigenvalue weighted by Crippen LogP contribution is -2.46. The maximum absolute atomic E-state index is 11.0. The van der Waals surface area contributed by atoms with Gasteiger partial charge in [-0.05, 0) is 25.5 Å². The summed E-state index contributed by atoms with van der Waals surface area (Å²) >= 11 is 0. The highest BCUT2D eigenvalue weighted by Gasteiger charge is 2.31. The smallest absolute Gasteiger partial charge is 0.235 e. The highest BCUT2D eigenvalue weighted by molar-refractivity contribution is 5.81. The fraction of sp³-hybridized carbons (Fsp3) is 0.500. The zero-order valence-corrected chi connectivity index (χ0v) is 8.17. The van der Waals surface area contributed by atoms with Gasteiger partial charge in [-0.1, -0.05) is 0 Å². The van der Waals surface area contributed by atoms with Crippen LogP contribution in [0.2, 0.25) is 0 Å². The average Bonchev–Trinajstić information content (AvgIpc) is 2.73. The first-order valence-corrected chi connectivity index (χ1v) is 4.76. The molecule has 1 aliphatic rings. The Labute approximate surface area is 82.7 Å². The van der Waals surface area contributed by atoms with E-state index in [-0.39, 0.29) is 11.6 Å². The van der Waals surface area contributed by atoms with Crippen molar-refractivity contribution in [1.29, 1.82) is 0 Å². The normalized spacial score (nSPS) is 26.5. The number of rotatable bonds is 3. The van der Waals surface area contributed by atoms with Crippen molar-refractivity contribution in [3.05, 3.63) is 24.2 Å². The molecule has 0 spiro atoms. The predicted octanol–water partition coefficient (Wildman–Crippen LogP) is 0.648. The quantitative estimate of drug-likeness (QED) is 0.742. The summed E-state index contributed by atoms with van der Waals surface area (Å²) < 4.78 is 5.22. The monoisotopic (exact) mass is 194 g/mol. The molecule has 0 aromatic carbocycles. The van der Waals surface area contributed by atoms with E-state index in [1.807, 2.05) is 19.1 Å². The number of hydrogen-bond donors (Lipinski definition) is 2. The Morgan fingerprint density at radius 3 is 3.07 bits per heavy atom. The highest BCUT2D eigenvalue weighted by Crippen LogP contribution is 2.14. The van der Waals surface area contributed by atoms with Crippen molar-refractivity contribution in [2.45, 2.75) is 25.4 Å². The highest BCUT2D eigenvalue weighted by atomic mass is 16.3. The molecule has 14 heavy (non-hydrogen) atoms. The Balaban J connectivity index is 1.89. The van der Waals surface area contributed by atoms with E-state index in [1.165, 1.54) is 0 Å². The van der Waals surface area contributed by atoms with Crippen molar-refractivity contribution in [2.75, 3.05) is 6.54 Å². The van der Waals surface area contributed by atoms with Crippen LogP contribution in [-0.4, -0.2) is 18.1 Å². The molecule has 1 atom stereocenters. The Hall–Kier alpha value is -1.29. The van der Waals surface area contributed by atoms with Crippen LogP contribution in [0.1, 0.15) is 19.1 Å². The lowest BCUT2D eigenvalue weighted by atomic mass is 10.1. The van der Waals surface area contributed by atoms with Gasteiger partial charge in [0.2, 0.25) is 5.91 Å². The Morgan fingerprint density at radius 1 is 1.64 bits per heavy atom. The number of carbonyl (C=O) groups excluding carboxylic acids is 1. The largest absolute Gasteiger partial charge is 0.469 e. The molecule has 0 radical (unpaired) electrons. The molecule has 2 heterocycles. The number of amides is 1. The van der Waals surface area contributed by atoms with Crippen LogP contribution in [0.15, 0.2) is 22.8 Å². The molecule has 2 N–H and O–H groups in total. The summed E-state index contributed by atoms with van der Waals surface area (Å²) in [7, 11) is 0. The molecule has 0 saturated carbocycles. The zero-order chi connectivity index (χ0) is 10.0. The molecule has 1 amide bonds. The molecule has 1 aromatic rings. The SMILES string of the molecule is CC1(CCc2ccco2)NCC(=O)N1. The molecule has 4 heteroatoms. The Bertz CT molecular complexity index is 321. The number of furan rings is 1. The van der Waals surface area contributed by atoms with E-state index in [0.29, 0.717) is 6.54 Å². The summed E-state index contributed by atoms with van der Waals surface area (Å²) in [5.74, 6) is 1.01. The number of hydrogen-bond acceptors (Lipinski definition) is 3. The van der Waals surface area contributed by atoms with Crippen molar-refractivity contribution >= 4 is 5.91 Å². The maximum Gasteiger partial charge on any atom is 0.235 e. The first-order valence-electron chi connectivity index (χ1n) is 4.76. The second-order valence-electron chi connectivity index (χ2n) is 3.81. The van der Waals surface area contributed by atoms with Crippen LogP contribution in [0.25, 0.3) is 0 Å². The molecule has 1 unspecified atom stereocenters. The molecule has 2 rings (SSSR count). The molecule has 1 saturated heterocycles. The fourth-order valence-electron chi connectivity index (χ4n) is 1.65. The summed E-state index contributed by atoms with van der Waals surface area (Å²) in [4.78, 5) is 11.0. The summed E-state index contributed by atoms with van der Waals surface area (Å²) in [5.41, 5.74) is -0.274. The van der Waals surface area contributed by atoms with Crippen LogP contribution >= 0.6 is 0 Å². The lowest BCUT2D eigenvalue weighted by molar-refractivity contribution is -0.118. The Kier molecular flexibility index (Phi) is 2.29. The molecule has 0 aliphatic carbocycles. The van der Waals surface area contributed by atoms with E-state index in [0.717, 1.165) is 18.6 Å². The van der Waals surface area contributed by atoms with Crippen molar-refractivity contribution in [1.82, 2.24) is 10.6 Å². The predicted molar refractivity (Wildman–Crippen MR) is 51.6 cm³/mol. The number of carbonyl (C=O) groups is 1. The second kappa shape index (κ2) is 3.46. The minimum atomic E-state index is -0.274. The van der Waals surface area contributed by atoms with Gasteiger partial charge in [-0.3, -0.25) is 10.1 Å². The van der Waals surface area contributed by atoms with Crippen LogP contribution in [0.3, 0.4) is 0 Å². The summed E-state index contributed by atoms with van der Waals surface area (Å²) in [6.07, 6.45) is 3.33. The van der Waals surface area contributed by atoms with E-state index in [9.17, 15) is 4.79 Å². The summed E-state index contributed by atoms with van der Waals surface area (Å²) in [6.45, 7) is 2.40. The number of nitrogens with one attached hydrogen (secondary N) is 2. The molecule has 4 nitrogen and oxygen atoms in total. The molecular formula is C10H14N2O2. The van der Waals surface area contributed by atoms with Crippen LogP contribution in [0.5, 0.6) is 0 Å². The third kappa shape index (κ3) is 1.96. The van der Waals surface area contributed by atoms with E-state index in [2.05, 4.69) is 10.6 Å². The van der Waals surface area contributed by atoms with E-state index < -0.39 is 0 Å². The zero-order valence-electron chi connectivity index (χ0n) is 8.17. The molecule has 1 aromatic heterocycles. The van der Waals surface area contributed by atoms with Crippen molar-refractivity contribution in [3.8, 4) is 0 Å².